The lowest BCUT2D eigenvalue weighted by Gasteiger charge is -2.22. The van der Waals surface area contributed by atoms with Gasteiger partial charge in [-0.3, -0.25) is 4.90 Å². The molecule has 1 fully saturated rings. The SMILES string of the molecule is CC1(O)CCCN(Cc2cc(F)ccc2Cl)CC1. The number of hydrogen-bond acceptors (Lipinski definition) is 2. The van der Waals surface area contributed by atoms with Crippen molar-refractivity contribution in [2.45, 2.75) is 38.3 Å². The molecule has 1 heterocycles. The number of aliphatic hydroxyl groups is 1. The summed E-state index contributed by atoms with van der Waals surface area (Å²) < 4.78 is 13.2. The third kappa shape index (κ3) is 3.67. The van der Waals surface area contributed by atoms with Gasteiger partial charge >= 0.3 is 0 Å². The molecule has 0 amide bonds. The van der Waals surface area contributed by atoms with Crippen LogP contribution in [0.4, 0.5) is 4.39 Å². The minimum atomic E-state index is -0.569. The highest BCUT2D eigenvalue weighted by Gasteiger charge is 2.25. The van der Waals surface area contributed by atoms with E-state index in [1.165, 1.54) is 12.1 Å². The van der Waals surface area contributed by atoms with Gasteiger partial charge in [-0.15, -0.1) is 0 Å². The average molecular weight is 272 g/mol. The van der Waals surface area contributed by atoms with E-state index in [2.05, 4.69) is 4.90 Å². The van der Waals surface area contributed by atoms with Crippen molar-refractivity contribution in [1.82, 2.24) is 4.90 Å². The summed E-state index contributed by atoms with van der Waals surface area (Å²) in [6, 6.07) is 4.46. The van der Waals surface area contributed by atoms with E-state index >= 15 is 0 Å². The molecule has 1 aliphatic rings. The van der Waals surface area contributed by atoms with Gasteiger partial charge in [-0.05, 0) is 56.5 Å². The Hall–Kier alpha value is -0.640. The molecule has 0 saturated carbocycles. The number of benzene rings is 1. The van der Waals surface area contributed by atoms with E-state index in [1.807, 2.05) is 6.92 Å². The fourth-order valence-corrected chi connectivity index (χ4v) is 2.56. The van der Waals surface area contributed by atoms with Gasteiger partial charge in [-0.25, -0.2) is 4.39 Å². The highest BCUT2D eigenvalue weighted by atomic mass is 35.5. The van der Waals surface area contributed by atoms with E-state index in [1.54, 1.807) is 6.07 Å². The van der Waals surface area contributed by atoms with Crippen molar-refractivity contribution >= 4 is 11.6 Å². The molecule has 0 bridgehead atoms. The molecular weight excluding hydrogens is 253 g/mol. The summed E-state index contributed by atoms with van der Waals surface area (Å²) in [6.07, 6.45) is 2.53. The lowest BCUT2D eigenvalue weighted by Crippen LogP contribution is -2.28. The predicted molar refractivity (Wildman–Crippen MR) is 71.2 cm³/mol. The van der Waals surface area contributed by atoms with Crippen LogP contribution in [0.1, 0.15) is 31.7 Å². The lowest BCUT2D eigenvalue weighted by atomic mass is 9.98. The second kappa shape index (κ2) is 5.55. The molecule has 0 aromatic heterocycles. The second-order valence-electron chi connectivity index (χ2n) is 5.36. The van der Waals surface area contributed by atoms with Crippen molar-refractivity contribution in [2.75, 3.05) is 13.1 Å². The van der Waals surface area contributed by atoms with E-state index in [-0.39, 0.29) is 5.82 Å². The summed E-state index contributed by atoms with van der Waals surface area (Å²) in [5.74, 6) is -0.254. The summed E-state index contributed by atoms with van der Waals surface area (Å²) in [7, 11) is 0. The summed E-state index contributed by atoms with van der Waals surface area (Å²) in [4.78, 5) is 2.22. The van der Waals surface area contributed by atoms with E-state index in [4.69, 9.17) is 11.6 Å². The van der Waals surface area contributed by atoms with E-state index < -0.39 is 5.60 Å². The monoisotopic (exact) mass is 271 g/mol. The molecule has 100 valence electrons. The van der Waals surface area contributed by atoms with Gasteiger partial charge in [0, 0.05) is 18.1 Å². The molecule has 1 atom stereocenters. The van der Waals surface area contributed by atoms with Gasteiger partial charge < -0.3 is 5.11 Å². The van der Waals surface area contributed by atoms with Gasteiger partial charge in [0.15, 0.2) is 0 Å². The van der Waals surface area contributed by atoms with Crippen LogP contribution in [0.25, 0.3) is 0 Å². The third-order valence-electron chi connectivity index (χ3n) is 3.56. The van der Waals surface area contributed by atoms with Crippen molar-refractivity contribution in [3.63, 3.8) is 0 Å². The Bertz CT molecular complexity index is 422. The Kier molecular flexibility index (Phi) is 4.25. The fraction of sp³-hybridized carbons (Fsp3) is 0.571. The molecule has 1 N–H and O–H groups in total. The van der Waals surface area contributed by atoms with Crippen LogP contribution in [-0.4, -0.2) is 28.7 Å². The normalized spacial score (nSPS) is 26.0. The Morgan fingerprint density at radius 2 is 2.17 bits per heavy atom. The zero-order valence-electron chi connectivity index (χ0n) is 10.6. The van der Waals surface area contributed by atoms with Crippen LogP contribution >= 0.6 is 11.6 Å². The maximum Gasteiger partial charge on any atom is 0.123 e. The second-order valence-corrected chi connectivity index (χ2v) is 5.77. The first-order valence-corrected chi connectivity index (χ1v) is 6.73. The first-order chi connectivity index (χ1) is 8.46. The Morgan fingerprint density at radius 1 is 1.39 bits per heavy atom. The van der Waals surface area contributed by atoms with Gasteiger partial charge in [-0.2, -0.15) is 0 Å². The molecule has 0 radical (unpaired) electrons. The molecule has 1 aromatic rings. The van der Waals surface area contributed by atoms with Gasteiger partial charge in [0.05, 0.1) is 5.60 Å². The van der Waals surface area contributed by atoms with Crippen LogP contribution in [0.15, 0.2) is 18.2 Å². The lowest BCUT2D eigenvalue weighted by molar-refractivity contribution is 0.0444. The standard InChI is InChI=1S/C14H19ClFNO/c1-14(18)5-2-7-17(8-6-14)10-11-9-12(16)3-4-13(11)15/h3-4,9,18H,2,5-8,10H2,1H3. The maximum atomic E-state index is 13.2. The van der Waals surface area contributed by atoms with Gasteiger partial charge in [0.25, 0.3) is 0 Å². The Morgan fingerprint density at radius 3 is 2.94 bits per heavy atom. The number of halogens is 2. The summed E-state index contributed by atoms with van der Waals surface area (Å²) in [6.45, 7) is 4.27. The van der Waals surface area contributed by atoms with Crippen LogP contribution in [0.5, 0.6) is 0 Å². The average Bonchev–Trinajstić information content (AvgIpc) is 2.46. The Labute approximate surface area is 112 Å². The van der Waals surface area contributed by atoms with Gasteiger partial charge in [-0.1, -0.05) is 11.6 Å². The Balaban J connectivity index is 2.03. The van der Waals surface area contributed by atoms with Crippen LogP contribution in [0.2, 0.25) is 5.02 Å². The third-order valence-corrected chi connectivity index (χ3v) is 3.93. The quantitative estimate of drug-likeness (QED) is 0.893. The zero-order chi connectivity index (χ0) is 13.2. The topological polar surface area (TPSA) is 23.5 Å². The number of rotatable bonds is 2. The molecule has 1 aromatic carbocycles. The van der Waals surface area contributed by atoms with Crippen molar-refractivity contribution in [1.29, 1.82) is 0 Å². The largest absolute Gasteiger partial charge is 0.390 e. The van der Waals surface area contributed by atoms with Crippen LogP contribution in [0, 0.1) is 5.82 Å². The fourth-order valence-electron chi connectivity index (χ4n) is 2.38. The van der Waals surface area contributed by atoms with Crippen molar-refractivity contribution in [2.24, 2.45) is 0 Å². The molecule has 0 aliphatic carbocycles. The van der Waals surface area contributed by atoms with Crippen molar-refractivity contribution in [3.8, 4) is 0 Å². The van der Waals surface area contributed by atoms with E-state index in [0.29, 0.717) is 11.6 Å². The smallest absolute Gasteiger partial charge is 0.123 e. The summed E-state index contributed by atoms with van der Waals surface area (Å²) in [5.41, 5.74) is 0.249. The molecule has 18 heavy (non-hydrogen) atoms. The molecular formula is C14H19ClFNO. The highest BCUT2D eigenvalue weighted by molar-refractivity contribution is 6.31. The van der Waals surface area contributed by atoms with Crippen molar-refractivity contribution in [3.05, 3.63) is 34.6 Å². The number of nitrogens with zero attached hydrogens (tertiary/aromatic N) is 1. The van der Waals surface area contributed by atoms with Crippen LogP contribution < -0.4 is 0 Å². The van der Waals surface area contributed by atoms with E-state index in [9.17, 15) is 9.50 Å². The molecule has 0 spiro atoms. The number of likely N-dealkylation sites (tertiary alicyclic amines) is 1. The minimum Gasteiger partial charge on any atom is -0.390 e. The minimum absolute atomic E-state index is 0.254. The molecule has 2 rings (SSSR count). The van der Waals surface area contributed by atoms with Crippen molar-refractivity contribution < 1.29 is 9.50 Å². The predicted octanol–water partition coefficient (Wildman–Crippen LogP) is 3.22. The zero-order valence-corrected chi connectivity index (χ0v) is 11.4. The molecule has 2 nitrogen and oxygen atoms in total. The number of hydrogen-bond donors (Lipinski definition) is 1. The molecule has 4 heteroatoms. The maximum absolute atomic E-state index is 13.2. The van der Waals surface area contributed by atoms with Crippen LogP contribution in [-0.2, 0) is 6.54 Å². The van der Waals surface area contributed by atoms with Gasteiger partial charge in [0.2, 0.25) is 0 Å². The van der Waals surface area contributed by atoms with E-state index in [0.717, 1.165) is 37.9 Å². The van der Waals surface area contributed by atoms with Gasteiger partial charge in [0.1, 0.15) is 5.82 Å². The highest BCUT2D eigenvalue weighted by Crippen LogP contribution is 2.24. The molecule has 1 aliphatic heterocycles. The molecule has 1 unspecified atom stereocenters. The van der Waals surface area contributed by atoms with Crippen LogP contribution in [0.3, 0.4) is 0 Å². The molecule has 1 saturated heterocycles. The first-order valence-electron chi connectivity index (χ1n) is 6.35. The summed E-state index contributed by atoms with van der Waals surface area (Å²) >= 11 is 6.07. The summed E-state index contributed by atoms with van der Waals surface area (Å²) in [5, 5.41) is 10.6. The first kappa shape index (κ1) is 13.8.